The molecule has 9 nitrogen and oxygen atoms in total. The van der Waals surface area contributed by atoms with Crippen molar-refractivity contribution in [2.45, 2.75) is 37.7 Å². The van der Waals surface area contributed by atoms with Crippen molar-refractivity contribution >= 4 is 21.9 Å². The van der Waals surface area contributed by atoms with Crippen molar-refractivity contribution in [3.8, 4) is 17.1 Å². The molecule has 0 spiro atoms. The zero-order chi connectivity index (χ0) is 29.3. The van der Waals surface area contributed by atoms with E-state index < -0.39 is 16.1 Å². The minimum absolute atomic E-state index is 0.0317. The summed E-state index contributed by atoms with van der Waals surface area (Å²) in [7, 11) is -4.14. The van der Waals surface area contributed by atoms with E-state index in [9.17, 15) is 13.2 Å². The van der Waals surface area contributed by atoms with Crippen LogP contribution in [-0.4, -0.2) is 61.5 Å². The number of nitrogens with one attached hydrogen (secondary N) is 2. The maximum atomic E-state index is 14.1. The summed E-state index contributed by atoms with van der Waals surface area (Å²) in [6.45, 7) is 6.02. The molecule has 216 valence electrons. The SMILES string of the molecule is Cc1cccc(C)c1-c1cc2nc(n1)NS(=O)(=O)c1ccc(Cc3ccccc3)c(c1)C(=O)N1CCCNCC(C1)O2. The molecule has 0 saturated carbocycles. The lowest BCUT2D eigenvalue weighted by atomic mass is 9.98. The van der Waals surface area contributed by atoms with Crippen molar-refractivity contribution in [1.82, 2.24) is 20.2 Å². The third-order valence-corrected chi connectivity index (χ3v) is 9.00. The van der Waals surface area contributed by atoms with Gasteiger partial charge in [-0.1, -0.05) is 54.6 Å². The number of amides is 1. The quantitative estimate of drug-likeness (QED) is 0.369. The molecule has 1 atom stereocenters. The highest BCUT2D eigenvalue weighted by atomic mass is 32.2. The Kier molecular flexibility index (Phi) is 7.66. The van der Waals surface area contributed by atoms with Crippen LogP contribution in [0.25, 0.3) is 11.3 Å². The number of hydrogen-bond donors (Lipinski definition) is 2. The second-order valence-corrected chi connectivity index (χ2v) is 12.5. The number of sulfonamides is 1. The average Bonchev–Trinajstić information content (AvgIpc) is 2.94. The van der Waals surface area contributed by atoms with Gasteiger partial charge < -0.3 is 15.0 Å². The standard InChI is InChI=1S/C32H33N5O4S/c1-21-8-6-9-22(2)30(21)28-18-29-35-32(34-28)36-42(39,40)26-13-12-24(16-23-10-4-3-5-11-23)27(17-26)31(38)37-15-7-14-33-19-25(20-37)41-29/h3-6,8-13,17-18,25,33H,7,14-16,19-20H2,1-2H3,(H,34,35,36). The van der Waals surface area contributed by atoms with Crippen LogP contribution < -0.4 is 14.8 Å². The van der Waals surface area contributed by atoms with E-state index in [4.69, 9.17) is 4.74 Å². The summed E-state index contributed by atoms with van der Waals surface area (Å²) in [4.78, 5) is 24.9. The van der Waals surface area contributed by atoms with Crippen molar-refractivity contribution in [3.63, 3.8) is 0 Å². The molecule has 3 aromatic carbocycles. The summed E-state index contributed by atoms with van der Waals surface area (Å²) in [6, 6.07) is 22.2. The first-order valence-corrected chi connectivity index (χ1v) is 15.6. The second-order valence-electron chi connectivity index (χ2n) is 10.8. The molecule has 6 bridgehead atoms. The molecule has 2 aliphatic rings. The van der Waals surface area contributed by atoms with Crippen LogP contribution in [0.3, 0.4) is 0 Å². The number of fused-ring (bicyclic) bond motifs is 6. The average molecular weight is 584 g/mol. The predicted molar refractivity (Wildman–Crippen MR) is 161 cm³/mol. The van der Waals surface area contributed by atoms with E-state index in [2.05, 4.69) is 20.0 Å². The molecule has 1 saturated heterocycles. The zero-order valence-electron chi connectivity index (χ0n) is 23.6. The second kappa shape index (κ2) is 11.5. The van der Waals surface area contributed by atoms with Crippen LogP contribution in [0.1, 0.15) is 39.0 Å². The van der Waals surface area contributed by atoms with E-state index in [1.54, 1.807) is 17.0 Å². The monoisotopic (exact) mass is 583 g/mol. The number of carbonyl (C=O) groups excluding carboxylic acids is 1. The lowest BCUT2D eigenvalue weighted by Gasteiger charge is -2.31. The van der Waals surface area contributed by atoms with E-state index in [0.29, 0.717) is 37.3 Å². The van der Waals surface area contributed by atoms with Crippen LogP contribution in [0.15, 0.2) is 77.7 Å². The first kappa shape index (κ1) is 27.9. The van der Waals surface area contributed by atoms with Gasteiger partial charge in [-0.25, -0.2) is 18.1 Å². The molecule has 2 aliphatic heterocycles. The van der Waals surface area contributed by atoms with Gasteiger partial charge in [0, 0.05) is 30.3 Å². The smallest absolute Gasteiger partial charge is 0.264 e. The maximum absolute atomic E-state index is 14.1. The Balaban J connectivity index is 1.50. The van der Waals surface area contributed by atoms with Crippen LogP contribution in [-0.2, 0) is 16.4 Å². The Bertz CT molecular complexity index is 1720. The Morgan fingerprint density at radius 3 is 2.55 bits per heavy atom. The van der Waals surface area contributed by atoms with Gasteiger partial charge in [0.05, 0.1) is 17.1 Å². The van der Waals surface area contributed by atoms with Crippen molar-refractivity contribution in [3.05, 3.63) is 101 Å². The van der Waals surface area contributed by atoms with E-state index in [-0.39, 0.29) is 22.6 Å². The van der Waals surface area contributed by atoms with Gasteiger partial charge in [-0.3, -0.25) is 4.79 Å². The Morgan fingerprint density at radius 1 is 0.976 bits per heavy atom. The molecule has 42 heavy (non-hydrogen) atoms. The summed E-state index contributed by atoms with van der Waals surface area (Å²) >= 11 is 0. The van der Waals surface area contributed by atoms with Gasteiger partial charge in [0.25, 0.3) is 15.9 Å². The predicted octanol–water partition coefficient (Wildman–Crippen LogP) is 4.35. The molecule has 2 N–H and O–H groups in total. The number of rotatable bonds is 3. The molecule has 0 aliphatic carbocycles. The van der Waals surface area contributed by atoms with Crippen molar-refractivity contribution in [2.24, 2.45) is 0 Å². The van der Waals surface area contributed by atoms with Crippen LogP contribution in [0.4, 0.5) is 5.95 Å². The van der Waals surface area contributed by atoms with Crippen LogP contribution in [0.5, 0.6) is 5.88 Å². The molecular weight excluding hydrogens is 550 g/mol. The molecule has 10 heteroatoms. The maximum Gasteiger partial charge on any atom is 0.264 e. The van der Waals surface area contributed by atoms with Crippen molar-refractivity contribution in [2.75, 3.05) is 30.9 Å². The summed E-state index contributed by atoms with van der Waals surface area (Å²) in [6.07, 6.45) is 0.843. The molecular formula is C32H33N5O4S. The zero-order valence-corrected chi connectivity index (χ0v) is 24.4. The van der Waals surface area contributed by atoms with Gasteiger partial charge in [0.2, 0.25) is 11.8 Å². The summed E-state index contributed by atoms with van der Waals surface area (Å²) in [5.74, 6) is -0.0844. The van der Waals surface area contributed by atoms with Crippen molar-refractivity contribution < 1.29 is 17.9 Å². The van der Waals surface area contributed by atoms with Crippen molar-refractivity contribution in [1.29, 1.82) is 0 Å². The summed E-state index contributed by atoms with van der Waals surface area (Å²) in [5, 5.41) is 3.40. The van der Waals surface area contributed by atoms with Gasteiger partial charge in [-0.15, -0.1) is 0 Å². The lowest BCUT2D eigenvalue weighted by Crippen LogP contribution is -2.47. The molecule has 0 radical (unpaired) electrons. The molecule has 1 amide bonds. The van der Waals surface area contributed by atoms with Crippen LogP contribution in [0.2, 0.25) is 0 Å². The van der Waals surface area contributed by atoms with Gasteiger partial charge in [-0.2, -0.15) is 4.98 Å². The normalized spacial score (nSPS) is 18.3. The minimum atomic E-state index is -4.14. The van der Waals surface area contributed by atoms with E-state index in [0.717, 1.165) is 40.8 Å². The fourth-order valence-corrected chi connectivity index (χ4v) is 6.58. The number of carbonyl (C=O) groups is 1. The minimum Gasteiger partial charge on any atom is -0.471 e. The summed E-state index contributed by atoms with van der Waals surface area (Å²) in [5.41, 5.74) is 5.57. The molecule has 1 aromatic heterocycles. The largest absolute Gasteiger partial charge is 0.471 e. The van der Waals surface area contributed by atoms with Gasteiger partial charge in [-0.05, 0) is 67.6 Å². The van der Waals surface area contributed by atoms with Gasteiger partial charge in [0.1, 0.15) is 6.10 Å². The van der Waals surface area contributed by atoms with E-state index >= 15 is 0 Å². The number of aromatic nitrogens is 2. The number of anilines is 1. The summed E-state index contributed by atoms with van der Waals surface area (Å²) < 4.78 is 36.3. The topological polar surface area (TPSA) is 114 Å². The third kappa shape index (κ3) is 5.86. The van der Waals surface area contributed by atoms with Crippen LogP contribution in [0, 0.1) is 13.8 Å². The fraction of sp³-hybridized carbons (Fsp3) is 0.281. The van der Waals surface area contributed by atoms with E-state index in [1.807, 2.05) is 62.4 Å². The molecule has 1 fully saturated rings. The Morgan fingerprint density at radius 2 is 1.76 bits per heavy atom. The number of hydrogen-bond acceptors (Lipinski definition) is 7. The lowest BCUT2D eigenvalue weighted by molar-refractivity contribution is 0.0625. The highest BCUT2D eigenvalue weighted by molar-refractivity contribution is 7.92. The first-order valence-electron chi connectivity index (χ1n) is 14.1. The Hall–Kier alpha value is -4.28. The highest BCUT2D eigenvalue weighted by Crippen LogP contribution is 2.30. The first-order chi connectivity index (χ1) is 20.3. The number of aryl methyl sites for hydroxylation is 2. The molecule has 6 rings (SSSR count). The molecule has 3 heterocycles. The third-order valence-electron chi connectivity index (χ3n) is 7.68. The number of nitrogens with zero attached hydrogens (tertiary/aromatic N) is 3. The van der Waals surface area contributed by atoms with Gasteiger partial charge >= 0.3 is 0 Å². The van der Waals surface area contributed by atoms with Crippen LogP contribution >= 0.6 is 0 Å². The Labute approximate surface area is 246 Å². The molecule has 4 aromatic rings. The van der Waals surface area contributed by atoms with Gasteiger partial charge in [0.15, 0.2) is 0 Å². The highest BCUT2D eigenvalue weighted by Gasteiger charge is 2.28. The fourth-order valence-electron chi connectivity index (χ4n) is 5.61. The number of ether oxygens (including phenoxy) is 1. The number of benzene rings is 3. The molecule has 1 unspecified atom stereocenters. The van der Waals surface area contributed by atoms with E-state index in [1.165, 1.54) is 12.1 Å².